The summed E-state index contributed by atoms with van der Waals surface area (Å²) in [4.78, 5) is 33.6. The number of thiophene rings is 1. The van der Waals surface area contributed by atoms with E-state index in [0.717, 1.165) is 48.0 Å². The molecule has 0 aliphatic heterocycles. The molecule has 2 aromatic heterocycles. The third kappa shape index (κ3) is 4.90. The van der Waals surface area contributed by atoms with Crippen LogP contribution in [-0.2, 0) is 17.6 Å². The van der Waals surface area contributed by atoms with Crippen LogP contribution >= 0.6 is 23.1 Å². The first-order chi connectivity index (χ1) is 16.1. The molecular weight excluding hydrogens is 450 g/mol. The first kappa shape index (κ1) is 22.7. The second-order valence-corrected chi connectivity index (χ2v) is 11.5. The highest BCUT2D eigenvalue weighted by atomic mass is 32.2. The van der Waals surface area contributed by atoms with Gasteiger partial charge >= 0.3 is 0 Å². The molecule has 7 heteroatoms. The first-order valence-electron chi connectivity index (χ1n) is 12.1. The van der Waals surface area contributed by atoms with Gasteiger partial charge in [0.25, 0.3) is 5.56 Å². The second kappa shape index (κ2) is 10.0. The molecule has 0 spiro atoms. The molecule has 1 aromatic carbocycles. The molecule has 1 fully saturated rings. The molecule has 5 nitrogen and oxygen atoms in total. The van der Waals surface area contributed by atoms with Gasteiger partial charge in [-0.15, -0.1) is 11.3 Å². The van der Waals surface area contributed by atoms with Crippen LogP contribution in [0.15, 0.2) is 40.3 Å². The number of fused-ring (bicyclic) bond motifs is 3. The number of benzene rings is 1. The van der Waals surface area contributed by atoms with Gasteiger partial charge in [0.15, 0.2) is 5.16 Å². The van der Waals surface area contributed by atoms with Gasteiger partial charge < -0.3 is 5.32 Å². The van der Waals surface area contributed by atoms with Crippen molar-refractivity contribution in [3.05, 3.63) is 51.1 Å². The molecule has 1 unspecified atom stereocenters. The highest BCUT2D eigenvalue weighted by molar-refractivity contribution is 7.99. The average molecular weight is 482 g/mol. The van der Waals surface area contributed by atoms with Crippen molar-refractivity contribution in [3.63, 3.8) is 0 Å². The Balaban J connectivity index is 1.47. The maximum Gasteiger partial charge on any atom is 0.267 e. The number of carbonyl (C=O) groups is 1. The van der Waals surface area contributed by atoms with Crippen LogP contribution in [0.3, 0.4) is 0 Å². The predicted octanol–water partition coefficient (Wildman–Crippen LogP) is 5.50. The number of nitrogens with one attached hydrogen (secondary N) is 1. The number of thioether (sulfide) groups is 1. The van der Waals surface area contributed by atoms with Crippen molar-refractivity contribution in [2.75, 3.05) is 5.75 Å². The fourth-order valence-corrected chi connectivity index (χ4v) is 7.34. The van der Waals surface area contributed by atoms with Crippen LogP contribution in [0.4, 0.5) is 0 Å². The fraction of sp³-hybridized carbons (Fsp3) is 0.500. The van der Waals surface area contributed by atoms with E-state index in [-0.39, 0.29) is 23.3 Å². The first-order valence-corrected chi connectivity index (χ1v) is 13.9. The molecule has 1 atom stereocenters. The molecule has 33 heavy (non-hydrogen) atoms. The quantitative estimate of drug-likeness (QED) is 0.297. The van der Waals surface area contributed by atoms with Gasteiger partial charge in [0, 0.05) is 10.9 Å². The van der Waals surface area contributed by atoms with Gasteiger partial charge in [-0.3, -0.25) is 14.2 Å². The van der Waals surface area contributed by atoms with Gasteiger partial charge in [0.2, 0.25) is 5.91 Å². The van der Waals surface area contributed by atoms with Crippen LogP contribution < -0.4 is 10.9 Å². The Morgan fingerprint density at radius 1 is 1.15 bits per heavy atom. The number of aryl methyl sites for hydroxylation is 1. The summed E-state index contributed by atoms with van der Waals surface area (Å²) in [7, 11) is 0. The molecule has 174 valence electrons. The Morgan fingerprint density at radius 2 is 1.91 bits per heavy atom. The largest absolute Gasteiger partial charge is 0.353 e. The monoisotopic (exact) mass is 481 g/mol. The number of aromatic nitrogens is 2. The molecule has 0 radical (unpaired) electrons. The van der Waals surface area contributed by atoms with Gasteiger partial charge in [0.05, 0.1) is 16.8 Å². The standard InChI is InChI=1S/C26H31N3O2S2/c1-17-13-14-20-21(15-17)33-24-23(20)25(31)29(19-11-7-4-8-12-19)26(28-24)32-16-22(30)27-18-9-5-2-3-6-10-18/h4,7-8,11-12,17-18H,2-3,5-6,9-10,13-16H2,1H3,(H,27,30). The van der Waals surface area contributed by atoms with E-state index in [1.54, 1.807) is 15.9 Å². The minimum Gasteiger partial charge on any atom is -0.353 e. The highest BCUT2D eigenvalue weighted by Crippen LogP contribution is 2.37. The highest BCUT2D eigenvalue weighted by Gasteiger charge is 2.25. The van der Waals surface area contributed by atoms with Crippen molar-refractivity contribution in [1.82, 2.24) is 14.9 Å². The lowest BCUT2D eigenvalue weighted by Crippen LogP contribution is -2.35. The number of rotatable bonds is 5. The molecule has 0 bridgehead atoms. The topological polar surface area (TPSA) is 64.0 Å². The molecule has 3 aromatic rings. The second-order valence-electron chi connectivity index (χ2n) is 9.45. The summed E-state index contributed by atoms with van der Waals surface area (Å²) >= 11 is 3.03. The van der Waals surface area contributed by atoms with Crippen LogP contribution in [0.25, 0.3) is 15.9 Å². The fourth-order valence-electron chi connectivity index (χ4n) is 5.10. The SMILES string of the molecule is CC1CCc2c(sc3nc(SCC(=O)NC4CCCCCC4)n(-c4ccccc4)c(=O)c23)C1. The van der Waals surface area contributed by atoms with E-state index in [4.69, 9.17) is 4.98 Å². The maximum atomic E-state index is 13.8. The lowest BCUT2D eigenvalue weighted by atomic mass is 9.89. The van der Waals surface area contributed by atoms with E-state index in [1.807, 2.05) is 30.3 Å². The van der Waals surface area contributed by atoms with Crippen molar-refractivity contribution < 1.29 is 4.79 Å². The van der Waals surface area contributed by atoms with Crippen molar-refractivity contribution in [2.45, 2.75) is 75.9 Å². The lowest BCUT2D eigenvalue weighted by molar-refractivity contribution is -0.119. The molecule has 2 aliphatic carbocycles. The third-order valence-corrected chi connectivity index (χ3v) is 8.95. The van der Waals surface area contributed by atoms with Crippen LogP contribution in [0, 0.1) is 5.92 Å². The molecule has 2 heterocycles. The summed E-state index contributed by atoms with van der Waals surface area (Å²) in [6, 6.07) is 9.96. The normalized spacial score (nSPS) is 19.2. The van der Waals surface area contributed by atoms with E-state index >= 15 is 0 Å². The van der Waals surface area contributed by atoms with Crippen LogP contribution in [0.2, 0.25) is 0 Å². The smallest absolute Gasteiger partial charge is 0.267 e. The molecule has 1 N–H and O–H groups in total. The van der Waals surface area contributed by atoms with Crippen molar-refractivity contribution in [2.24, 2.45) is 5.92 Å². The zero-order valence-corrected chi connectivity index (χ0v) is 20.8. The molecular formula is C26H31N3O2S2. The molecule has 1 saturated carbocycles. The Labute approximate surface area is 203 Å². The number of hydrogen-bond donors (Lipinski definition) is 1. The van der Waals surface area contributed by atoms with Crippen molar-refractivity contribution in [3.8, 4) is 5.69 Å². The molecule has 2 aliphatic rings. The average Bonchev–Trinajstić information content (AvgIpc) is 2.97. The zero-order valence-electron chi connectivity index (χ0n) is 19.1. The van der Waals surface area contributed by atoms with Crippen LogP contribution in [-0.4, -0.2) is 27.3 Å². The zero-order chi connectivity index (χ0) is 22.8. The van der Waals surface area contributed by atoms with E-state index in [1.165, 1.54) is 47.9 Å². The number of hydrogen-bond acceptors (Lipinski definition) is 5. The van der Waals surface area contributed by atoms with Gasteiger partial charge in [-0.2, -0.15) is 0 Å². The number of amides is 1. The third-order valence-electron chi connectivity index (χ3n) is 6.87. The van der Waals surface area contributed by atoms with E-state index < -0.39 is 0 Å². The van der Waals surface area contributed by atoms with Crippen LogP contribution in [0.1, 0.15) is 62.3 Å². The summed E-state index contributed by atoms with van der Waals surface area (Å²) in [5.41, 5.74) is 1.98. The predicted molar refractivity (Wildman–Crippen MR) is 137 cm³/mol. The van der Waals surface area contributed by atoms with E-state index in [2.05, 4.69) is 12.2 Å². The molecule has 1 amide bonds. The summed E-state index contributed by atoms with van der Waals surface area (Å²) in [5, 5.41) is 4.59. The Kier molecular flexibility index (Phi) is 6.88. The minimum absolute atomic E-state index is 0.00932. The number of nitrogens with zero attached hydrogens (tertiary/aromatic N) is 2. The summed E-state index contributed by atoms with van der Waals surface area (Å²) in [6.07, 6.45) is 10.1. The number of para-hydroxylation sites is 1. The van der Waals surface area contributed by atoms with Gasteiger partial charge in [-0.05, 0) is 55.7 Å². The van der Waals surface area contributed by atoms with Crippen molar-refractivity contribution >= 4 is 39.2 Å². The van der Waals surface area contributed by atoms with E-state index in [0.29, 0.717) is 11.1 Å². The Hall–Kier alpha value is -2.12. The summed E-state index contributed by atoms with van der Waals surface area (Å²) in [5.74, 6) is 0.937. The van der Waals surface area contributed by atoms with E-state index in [9.17, 15) is 9.59 Å². The lowest BCUT2D eigenvalue weighted by Gasteiger charge is -2.18. The Bertz CT molecular complexity index is 1190. The summed E-state index contributed by atoms with van der Waals surface area (Å²) in [6.45, 7) is 2.27. The minimum atomic E-state index is -0.00932. The number of carbonyl (C=O) groups excluding carboxylic acids is 1. The summed E-state index contributed by atoms with van der Waals surface area (Å²) < 4.78 is 1.71. The van der Waals surface area contributed by atoms with Gasteiger partial charge in [-0.1, -0.05) is 62.6 Å². The van der Waals surface area contributed by atoms with Gasteiger partial charge in [0.1, 0.15) is 4.83 Å². The van der Waals surface area contributed by atoms with Crippen molar-refractivity contribution in [1.29, 1.82) is 0 Å². The molecule has 5 rings (SSSR count). The van der Waals surface area contributed by atoms with Gasteiger partial charge in [-0.25, -0.2) is 4.98 Å². The van der Waals surface area contributed by atoms with Crippen LogP contribution in [0.5, 0.6) is 0 Å². The molecule has 0 saturated heterocycles. The maximum absolute atomic E-state index is 13.8. The Morgan fingerprint density at radius 3 is 2.67 bits per heavy atom.